The molecule has 0 aliphatic heterocycles. The molecule has 0 saturated carbocycles. The highest BCUT2D eigenvalue weighted by atomic mass is 79.9. The molecule has 2 aromatic carbocycles. The zero-order valence-electron chi connectivity index (χ0n) is 16.6. The van der Waals surface area contributed by atoms with E-state index in [4.69, 9.17) is 17.0 Å². The van der Waals surface area contributed by atoms with E-state index in [9.17, 15) is 22.4 Å². The number of carbonyl (C=O) groups is 1. The molecule has 1 aromatic heterocycles. The van der Waals surface area contributed by atoms with Gasteiger partial charge in [-0.05, 0) is 47.6 Å². The Balaban J connectivity index is 2.00. The Morgan fingerprint density at radius 1 is 1.06 bits per heavy atom. The first kappa shape index (κ1) is 24.1. The molecule has 0 unspecified atom stereocenters. The van der Waals surface area contributed by atoms with E-state index in [2.05, 4.69) is 26.6 Å². The maximum Gasteiger partial charge on any atom is 0.341 e. The maximum absolute atomic E-state index is 14.2. The Morgan fingerprint density at radius 3 is 2.22 bits per heavy atom. The van der Waals surface area contributed by atoms with E-state index in [0.717, 1.165) is 21.8 Å². The predicted octanol–water partition coefficient (Wildman–Crippen LogP) is 7.03. The summed E-state index contributed by atoms with van der Waals surface area (Å²) in [5, 5.41) is 4.68. The number of hydrogen-bond donors (Lipinski definition) is 2. The molecule has 0 aliphatic rings. The van der Waals surface area contributed by atoms with Crippen LogP contribution < -0.4 is 10.6 Å². The first-order valence-corrected chi connectivity index (χ1v) is 11.1. The lowest BCUT2D eigenvalue weighted by molar-refractivity contribution is 0.0529. The van der Waals surface area contributed by atoms with Crippen LogP contribution in [0.25, 0.3) is 11.1 Å². The Kier molecular flexibility index (Phi) is 7.52. The number of halogens is 5. The van der Waals surface area contributed by atoms with Crippen LogP contribution in [-0.2, 0) is 4.74 Å². The number of thiocarbonyl (C=S) groups is 1. The van der Waals surface area contributed by atoms with Crippen LogP contribution in [0.15, 0.2) is 34.8 Å². The number of benzene rings is 2. The lowest BCUT2D eigenvalue weighted by Crippen LogP contribution is -2.22. The summed E-state index contributed by atoms with van der Waals surface area (Å²) in [6, 6.07) is 9.07. The topological polar surface area (TPSA) is 50.4 Å². The van der Waals surface area contributed by atoms with E-state index in [1.807, 2.05) is 30.3 Å². The number of carbonyl (C=O) groups excluding carboxylic acids is 1. The molecule has 0 atom stereocenters. The Bertz CT molecular complexity index is 1170. The van der Waals surface area contributed by atoms with Gasteiger partial charge in [-0.25, -0.2) is 22.4 Å². The summed E-state index contributed by atoms with van der Waals surface area (Å²) in [5.74, 6) is -7.16. The van der Waals surface area contributed by atoms with Gasteiger partial charge in [0.15, 0.2) is 28.4 Å². The van der Waals surface area contributed by atoms with Crippen LogP contribution in [0.2, 0.25) is 0 Å². The average molecular weight is 547 g/mol. The van der Waals surface area contributed by atoms with Gasteiger partial charge in [0, 0.05) is 10.4 Å². The summed E-state index contributed by atoms with van der Waals surface area (Å²) >= 11 is 8.69. The van der Waals surface area contributed by atoms with Crippen LogP contribution in [-0.4, -0.2) is 17.7 Å². The lowest BCUT2D eigenvalue weighted by Gasteiger charge is -2.14. The molecule has 0 spiro atoms. The van der Waals surface area contributed by atoms with E-state index in [0.29, 0.717) is 5.56 Å². The van der Waals surface area contributed by atoms with Gasteiger partial charge in [0.25, 0.3) is 0 Å². The highest BCUT2D eigenvalue weighted by molar-refractivity contribution is 9.10. The van der Waals surface area contributed by atoms with Crippen LogP contribution in [0.4, 0.5) is 28.3 Å². The van der Waals surface area contributed by atoms with E-state index in [1.165, 1.54) is 0 Å². The third kappa shape index (κ3) is 4.64. The number of thiophene rings is 1. The van der Waals surface area contributed by atoms with Crippen LogP contribution in [0.1, 0.15) is 22.2 Å². The second-order valence-corrected chi connectivity index (χ2v) is 8.77. The smallest absolute Gasteiger partial charge is 0.341 e. The number of hydrogen-bond acceptors (Lipinski definition) is 4. The molecule has 0 bridgehead atoms. The quantitative estimate of drug-likeness (QED) is 0.118. The third-order valence-electron chi connectivity index (χ3n) is 4.30. The van der Waals surface area contributed by atoms with Gasteiger partial charge in [0.2, 0.25) is 0 Å². The van der Waals surface area contributed by atoms with E-state index >= 15 is 0 Å². The summed E-state index contributed by atoms with van der Waals surface area (Å²) in [7, 11) is 0. The highest BCUT2D eigenvalue weighted by Gasteiger charge is 2.27. The summed E-state index contributed by atoms with van der Waals surface area (Å²) in [6.45, 7) is 3.56. The molecule has 168 valence electrons. The van der Waals surface area contributed by atoms with Gasteiger partial charge in [0.05, 0.1) is 11.1 Å². The molecule has 1 heterocycles. The zero-order chi connectivity index (χ0) is 23.6. The standard InChI is InChI=1S/C21H15BrF4N2O2S2/c1-3-30-20(29)12-11(10-7-5-4-6-8-10)9(2)32-19(12)28-21(31)27-18-16(25)14(23)13(22)15(24)17(18)26/h4-8H,3H2,1-2H3,(H2,27,28,31). The molecular weight excluding hydrogens is 532 g/mol. The number of ether oxygens (including phenoxy) is 1. The van der Waals surface area contributed by atoms with Crippen molar-refractivity contribution in [2.45, 2.75) is 13.8 Å². The number of nitrogens with one attached hydrogen (secondary N) is 2. The normalized spacial score (nSPS) is 10.7. The van der Waals surface area contributed by atoms with Gasteiger partial charge in [-0.15, -0.1) is 11.3 Å². The third-order valence-corrected chi connectivity index (χ3v) is 6.22. The molecule has 3 rings (SSSR count). The van der Waals surface area contributed by atoms with Crippen molar-refractivity contribution in [3.05, 3.63) is 68.5 Å². The second-order valence-electron chi connectivity index (χ2n) is 6.35. The van der Waals surface area contributed by atoms with Crippen molar-refractivity contribution in [3.63, 3.8) is 0 Å². The number of esters is 1. The molecule has 2 N–H and O–H groups in total. The average Bonchev–Trinajstić information content (AvgIpc) is 3.10. The Morgan fingerprint density at radius 2 is 1.66 bits per heavy atom. The monoisotopic (exact) mass is 546 g/mol. The van der Waals surface area contributed by atoms with E-state index in [-0.39, 0.29) is 22.3 Å². The molecular formula is C21H15BrF4N2O2S2. The number of anilines is 2. The number of rotatable bonds is 5. The van der Waals surface area contributed by atoms with E-state index < -0.39 is 39.4 Å². The van der Waals surface area contributed by atoms with Crippen LogP contribution in [0.5, 0.6) is 0 Å². The molecule has 0 amide bonds. The molecule has 11 heteroatoms. The van der Waals surface area contributed by atoms with Crippen LogP contribution in [0.3, 0.4) is 0 Å². The fraction of sp³-hybridized carbons (Fsp3) is 0.143. The zero-order valence-corrected chi connectivity index (χ0v) is 19.8. The summed E-state index contributed by atoms with van der Waals surface area (Å²) < 4.78 is 60.2. The minimum atomic E-state index is -1.65. The van der Waals surface area contributed by atoms with Gasteiger partial charge in [-0.3, -0.25) is 0 Å². The number of aryl methyl sites for hydroxylation is 1. The minimum absolute atomic E-state index is 0.123. The van der Waals surface area contributed by atoms with Gasteiger partial charge in [0.1, 0.15) is 16.3 Å². The largest absolute Gasteiger partial charge is 0.462 e. The van der Waals surface area contributed by atoms with Crippen molar-refractivity contribution in [2.75, 3.05) is 17.2 Å². The lowest BCUT2D eigenvalue weighted by atomic mass is 10.0. The summed E-state index contributed by atoms with van der Waals surface area (Å²) in [6.07, 6.45) is 0. The molecule has 0 saturated heterocycles. The highest BCUT2D eigenvalue weighted by Crippen LogP contribution is 2.40. The van der Waals surface area contributed by atoms with Gasteiger partial charge in [-0.1, -0.05) is 30.3 Å². The molecule has 3 aromatic rings. The first-order valence-electron chi connectivity index (χ1n) is 9.12. The van der Waals surface area contributed by atoms with Crippen molar-refractivity contribution >= 4 is 61.3 Å². The maximum atomic E-state index is 14.2. The fourth-order valence-electron chi connectivity index (χ4n) is 2.95. The fourth-order valence-corrected chi connectivity index (χ4v) is 4.63. The minimum Gasteiger partial charge on any atom is -0.462 e. The second kappa shape index (κ2) is 9.97. The molecule has 0 radical (unpaired) electrons. The van der Waals surface area contributed by atoms with Crippen molar-refractivity contribution in [2.24, 2.45) is 0 Å². The molecule has 0 aliphatic carbocycles. The van der Waals surface area contributed by atoms with Crippen molar-refractivity contribution in [1.29, 1.82) is 0 Å². The summed E-state index contributed by atoms with van der Waals surface area (Å²) in [5.41, 5.74) is 0.441. The molecule has 32 heavy (non-hydrogen) atoms. The van der Waals surface area contributed by atoms with Crippen molar-refractivity contribution in [3.8, 4) is 11.1 Å². The van der Waals surface area contributed by atoms with Crippen LogP contribution >= 0.6 is 39.5 Å². The predicted molar refractivity (Wildman–Crippen MR) is 124 cm³/mol. The molecule has 4 nitrogen and oxygen atoms in total. The Labute approximate surface area is 198 Å². The van der Waals surface area contributed by atoms with Gasteiger partial charge >= 0.3 is 5.97 Å². The van der Waals surface area contributed by atoms with Crippen molar-refractivity contribution in [1.82, 2.24) is 0 Å². The first-order chi connectivity index (χ1) is 15.2. The van der Waals surface area contributed by atoms with Crippen molar-refractivity contribution < 1.29 is 27.1 Å². The SMILES string of the molecule is CCOC(=O)c1c(NC(=S)Nc2c(F)c(F)c(Br)c(F)c2F)sc(C)c1-c1ccccc1. The summed E-state index contributed by atoms with van der Waals surface area (Å²) in [4.78, 5) is 13.5. The van der Waals surface area contributed by atoms with Crippen LogP contribution in [0, 0.1) is 30.2 Å². The Hall–Kier alpha value is -2.50. The van der Waals surface area contributed by atoms with E-state index in [1.54, 1.807) is 13.8 Å². The molecule has 0 fully saturated rings. The van der Waals surface area contributed by atoms with Gasteiger partial charge < -0.3 is 15.4 Å². The van der Waals surface area contributed by atoms with Gasteiger partial charge in [-0.2, -0.15) is 0 Å².